The van der Waals surface area contributed by atoms with Crippen LogP contribution in [-0.4, -0.2) is 36.4 Å². The van der Waals surface area contributed by atoms with E-state index in [0.29, 0.717) is 24.3 Å². The fourth-order valence-electron chi connectivity index (χ4n) is 5.20. The molecule has 0 bridgehead atoms. The summed E-state index contributed by atoms with van der Waals surface area (Å²) in [6.45, 7) is 4.29. The number of rotatable bonds is 1. The third-order valence-electron chi connectivity index (χ3n) is 6.37. The average Bonchev–Trinajstić information content (AvgIpc) is 2.87. The first-order chi connectivity index (χ1) is 14.5. The normalized spacial score (nSPS) is 25.3. The van der Waals surface area contributed by atoms with E-state index in [2.05, 4.69) is 27.3 Å². The first-order valence-corrected chi connectivity index (χ1v) is 10.4. The monoisotopic (exact) mass is 401 g/mol. The molecule has 152 valence electrons. The lowest BCUT2D eigenvalue weighted by molar-refractivity contribution is -0.189. The summed E-state index contributed by atoms with van der Waals surface area (Å²) in [6.07, 6.45) is 5.04. The maximum atomic E-state index is 11.3. The predicted molar refractivity (Wildman–Crippen MR) is 112 cm³/mol. The second kappa shape index (κ2) is 6.98. The number of benzene rings is 1. The van der Waals surface area contributed by atoms with E-state index in [4.69, 9.17) is 4.74 Å². The fraction of sp³-hybridized carbons (Fsp3) is 0.435. The zero-order valence-corrected chi connectivity index (χ0v) is 17.0. The summed E-state index contributed by atoms with van der Waals surface area (Å²) in [5.74, 6) is -1.88. The van der Waals surface area contributed by atoms with Crippen molar-refractivity contribution < 1.29 is 9.84 Å². The van der Waals surface area contributed by atoms with Crippen molar-refractivity contribution >= 4 is 17.0 Å². The number of allylic oxidation sites excluding steroid dienone is 2. The summed E-state index contributed by atoms with van der Waals surface area (Å²) in [5, 5.41) is 32.9. The van der Waals surface area contributed by atoms with Gasteiger partial charge in [-0.1, -0.05) is 0 Å². The Balaban J connectivity index is 1.70. The van der Waals surface area contributed by atoms with E-state index in [0.717, 1.165) is 49.9 Å². The van der Waals surface area contributed by atoms with E-state index in [1.54, 1.807) is 6.92 Å². The van der Waals surface area contributed by atoms with Crippen LogP contribution in [0.5, 0.6) is 0 Å². The van der Waals surface area contributed by atoms with Gasteiger partial charge in [-0.25, -0.2) is 4.99 Å². The Labute approximate surface area is 175 Å². The summed E-state index contributed by atoms with van der Waals surface area (Å²) in [7, 11) is 0. The summed E-state index contributed by atoms with van der Waals surface area (Å²) < 4.78 is 5.70. The van der Waals surface area contributed by atoms with Crippen molar-refractivity contribution in [1.82, 2.24) is 5.32 Å². The van der Waals surface area contributed by atoms with Crippen LogP contribution in [0.2, 0.25) is 0 Å². The first kappa shape index (κ1) is 18.9. The average molecular weight is 401 g/mol. The molecule has 0 radical (unpaired) electrons. The standard InChI is InChI=1S/C23H23N5O2/c1-14-21-18(6-9-30-23(21,29)27-20(13-25)19(12-24)26-14)17-10-15-4-2-7-28-8-3-5-16(11-17)22(15)28/h10-11,27,29H,2-9H2,1H3. The van der Waals surface area contributed by atoms with Crippen molar-refractivity contribution in [3.63, 3.8) is 0 Å². The van der Waals surface area contributed by atoms with Gasteiger partial charge in [0, 0.05) is 24.5 Å². The molecule has 5 rings (SSSR count). The highest BCUT2D eigenvalue weighted by molar-refractivity contribution is 6.07. The maximum absolute atomic E-state index is 11.3. The number of hydrogen-bond acceptors (Lipinski definition) is 7. The van der Waals surface area contributed by atoms with Crippen molar-refractivity contribution in [3.8, 4) is 12.1 Å². The van der Waals surface area contributed by atoms with E-state index in [1.165, 1.54) is 16.8 Å². The van der Waals surface area contributed by atoms with E-state index >= 15 is 0 Å². The van der Waals surface area contributed by atoms with Crippen LogP contribution in [0.1, 0.15) is 42.9 Å². The molecule has 0 saturated heterocycles. The van der Waals surface area contributed by atoms with E-state index < -0.39 is 5.91 Å². The highest BCUT2D eigenvalue weighted by Gasteiger charge is 2.43. The van der Waals surface area contributed by atoms with Crippen LogP contribution in [0.3, 0.4) is 0 Å². The molecular formula is C23H23N5O2. The number of ether oxygens (including phenoxy) is 1. The van der Waals surface area contributed by atoms with Crippen LogP contribution in [0.4, 0.5) is 5.69 Å². The fourth-order valence-corrected chi connectivity index (χ4v) is 5.20. The van der Waals surface area contributed by atoms with Gasteiger partial charge in [-0.15, -0.1) is 0 Å². The lowest BCUT2D eigenvalue weighted by Crippen LogP contribution is -2.52. The topological polar surface area (TPSA) is 105 Å². The lowest BCUT2D eigenvalue weighted by atomic mass is 9.84. The van der Waals surface area contributed by atoms with E-state index in [1.807, 2.05) is 12.1 Å². The number of hydrogen-bond donors (Lipinski definition) is 2. The van der Waals surface area contributed by atoms with Crippen molar-refractivity contribution in [3.05, 3.63) is 45.8 Å². The summed E-state index contributed by atoms with van der Waals surface area (Å²) in [6, 6.07) is 8.35. The molecule has 1 aromatic rings. The van der Waals surface area contributed by atoms with E-state index in [9.17, 15) is 15.6 Å². The first-order valence-electron chi connectivity index (χ1n) is 10.4. The van der Waals surface area contributed by atoms with Gasteiger partial charge in [-0.3, -0.25) is 0 Å². The van der Waals surface area contributed by atoms with Crippen LogP contribution in [0, 0.1) is 22.7 Å². The lowest BCUT2D eigenvalue weighted by Gasteiger charge is -2.39. The molecule has 1 unspecified atom stereocenters. The number of aliphatic hydroxyl groups is 1. The third kappa shape index (κ3) is 2.82. The zero-order chi connectivity index (χ0) is 20.9. The minimum absolute atomic E-state index is 0.0514. The molecule has 30 heavy (non-hydrogen) atoms. The summed E-state index contributed by atoms with van der Waals surface area (Å²) >= 11 is 0. The second-order valence-corrected chi connectivity index (χ2v) is 8.20. The number of anilines is 1. The number of nitrogens with one attached hydrogen (secondary N) is 1. The predicted octanol–water partition coefficient (Wildman–Crippen LogP) is 2.53. The number of nitrogens with zero attached hydrogens (tertiary/aromatic N) is 4. The molecule has 1 atom stereocenters. The number of nitriles is 2. The van der Waals surface area contributed by atoms with Crippen molar-refractivity contribution in [2.24, 2.45) is 4.99 Å². The van der Waals surface area contributed by atoms with Gasteiger partial charge in [0.25, 0.3) is 5.91 Å². The number of aliphatic imine (C=N–C) groups is 1. The van der Waals surface area contributed by atoms with Crippen LogP contribution < -0.4 is 10.2 Å². The minimum Gasteiger partial charge on any atom is -0.371 e. The Hall–Kier alpha value is -3.13. The Morgan fingerprint density at radius 2 is 1.83 bits per heavy atom. The van der Waals surface area contributed by atoms with Crippen LogP contribution >= 0.6 is 0 Å². The highest BCUT2D eigenvalue weighted by atomic mass is 16.6. The Bertz CT molecular complexity index is 1090. The quantitative estimate of drug-likeness (QED) is 0.749. The van der Waals surface area contributed by atoms with Crippen LogP contribution in [0.15, 0.2) is 34.1 Å². The summed E-state index contributed by atoms with van der Waals surface area (Å²) in [5.41, 5.74) is 6.99. The molecule has 0 aliphatic carbocycles. The van der Waals surface area contributed by atoms with Crippen molar-refractivity contribution in [2.75, 3.05) is 24.6 Å². The van der Waals surface area contributed by atoms with Crippen LogP contribution in [-0.2, 0) is 17.6 Å². The summed E-state index contributed by atoms with van der Waals surface area (Å²) in [4.78, 5) is 6.85. The zero-order valence-electron chi connectivity index (χ0n) is 17.0. The Morgan fingerprint density at radius 3 is 2.47 bits per heavy atom. The van der Waals surface area contributed by atoms with Gasteiger partial charge in [0.15, 0.2) is 11.4 Å². The smallest absolute Gasteiger partial charge is 0.278 e. The largest absolute Gasteiger partial charge is 0.371 e. The number of aryl methyl sites for hydroxylation is 2. The SMILES string of the molecule is CC1=NC(C#N)=C(C#N)NC2(O)OCCC(c3cc4c5c(c3)CCCN5CCC4)=C12. The molecule has 0 spiro atoms. The molecule has 0 aromatic heterocycles. The molecule has 4 heterocycles. The molecule has 7 nitrogen and oxygen atoms in total. The molecule has 0 amide bonds. The van der Waals surface area contributed by atoms with Crippen molar-refractivity contribution in [1.29, 1.82) is 10.5 Å². The number of fused-ring (bicyclic) bond motifs is 1. The molecule has 0 fully saturated rings. The minimum atomic E-state index is -1.88. The van der Waals surface area contributed by atoms with Gasteiger partial charge >= 0.3 is 0 Å². The van der Waals surface area contributed by atoms with E-state index in [-0.39, 0.29) is 11.4 Å². The van der Waals surface area contributed by atoms with Gasteiger partial charge < -0.3 is 20.1 Å². The molecule has 1 aromatic carbocycles. The molecule has 0 saturated carbocycles. The molecule has 4 aliphatic heterocycles. The third-order valence-corrected chi connectivity index (χ3v) is 6.37. The van der Waals surface area contributed by atoms with Gasteiger partial charge in [-0.05, 0) is 73.4 Å². The maximum Gasteiger partial charge on any atom is 0.278 e. The molecule has 2 N–H and O–H groups in total. The molecule has 7 heteroatoms. The van der Waals surface area contributed by atoms with Crippen molar-refractivity contribution in [2.45, 2.75) is 44.9 Å². The molecule has 4 aliphatic rings. The van der Waals surface area contributed by atoms with Gasteiger partial charge in [0.1, 0.15) is 12.1 Å². The Morgan fingerprint density at radius 1 is 1.13 bits per heavy atom. The van der Waals surface area contributed by atoms with Gasteiger partial charge in [0.2, 0.25) is 0 Å². The van der Waals surface area contributed by atoms with Gasteiger partial charge in [-0.2, -0.15) is 10.5 Å². The van der Waals surface area contributed by atoms with Crippen LogP contribution in [0.25, 0.3) is 5.57 Å². The highest BCUT2D eigenvalue weighted by Crippen LogP contribution is 2.42. The Kier molecular flexibility index (Phi) is 4.39. The molecular weight excluding hydrogens is 378 g/mol. The second-order valence-electron chi connectivity index (χ2n) is 8.20. The van der Waals surface area contributed by atoms with Gasteiger partial charge in [0.05, 0.1) is 12.2 Å².